The van der Waals surface area contributed by atoms with Crippen LogP contribution in [0.5, 0.6) is 0 Å². The molecule has 0 bridgehead atoms. The highest BCUT2D eigenvalue weighted by atomic mass is 16.3. The van der Waals surface area contributed by atoms with Crippen molar-refractivity contribution in [2.45, 2.75) is 0 Å². The van der Waals surface area contributed by atoms with Gasteiger partial charge >= 0.3 is 0 Å². The molecule has 0 radical (unpaired) electrons. The number of benzene rings is 10. The summed E-state index contributed by atoms with van der Waals surface area (Å²) in [6.07, 6.45) is 0. The Hall–Kier alpha value is -7.88. The molecule has 3 nitrogen and oxygen atoms in total. The van der Waals surface area contributed by atoms with E-state index in [9.17, 15) is 5.48 Å². The molecule has 10 aromatic carbocycles. The predicted octanol–water partition coefficient (Wildman–Crippen LogP) is 15.8. The number of rotatable bonds is 6. The maximum absolute atomic E-state index is 9.85. The predicted molar refractivity (Wildman–Crippen MR) is 249 cm³/mol. The molecule has 2 aromatic heterocycles. The maximum atomic E-state index is 9.85. The van der Waals surface area contributed by atoms with Crippen molar-refractivity contribution in [3.63, 3.8) is 0 Å². The van der Waals surface area contributed by atoms with Gasteiger partial charge in [-0.05, 0) is 106 Å². The Kier molecular flexibility index (Phi) is 6.65. The number of furan rings is 1. The van der Waals surface area contributed by atoms with Gasteiger partial charge < -0.3 is 13.9 Å². The molecule has 0 saturated carbocycles. The molecular formula is C56H36N2O. The van der Waals surface area contributed by atoms with Gasteiger partial charge in [-0.2, -0.15) is 0 Å². The molecule has 0 unspecified atom stereocenters. The van der Waals surface area contributed by atoms with Gasteiger partial charge in [-0.1, -0.05) is 146 Å². The summed E-state index contributed by atoms with van der Waals surface area (Å²) in [5.41, 5.74) is 8.90. The van der Waals surface area contributed by atoms with E-state index in [1.807, 2.05) is 119 Å². The van der Waals surface area contributed by atoms with Crippen molar-refractivity contribution in [1.29, 1.82) is 0 Å². The van der Waals surface area contributed by atoms with Crippen LogP contribution in [0.15, 0.2) is 223 Å². The van der Waals surface area contributed by atoms with Gasteiger partial charge in [-0.3, -0.25) is 0 Å². The smallest absolute Gasteiger partial charge is 0.143 e. The van der Waals surface area contributed by atoms with Gasteiger partial charge in [0.2, 0.25) is 0 Å². The van der Waals surface area contributed by atoms with Crippen LogP contribution < -0.4 is 4.90 Å². The van der Waals surface area contributed by atoms with E-state index in [1.165, 1.54) is 0 Å². The van der Waals surface area contributed by atoms with Crippen molar-refractivity contribution in [3.8, 4) is 27.9 Å². The number of nitrogens with zero attached hydrogens (tertiary/aromatic N) is 2. The average molecular weight is 757 g/mol. The molecule has 12 rings (SSSR count). The zero-order chi connectivity index (χ0) is 42.3. The summed E-state index contributed by atoms with van der Waals surface area (Å²) >= 11 is 0. The zero-order valence-corrected chi connectivity index (χ0v) is 31.8. The summed E-state index contributed by atoms with van der Waals surface area (Å²) in [7, 11) is 0. The highest BCUT2D eigenvalue weighted by Crippen LogP contribution is 2.44. The first-order chi connectivity index (χ1) is 30.9. The fourth-order valence-electron chi connectivity index (χ4n) is 8.93. The summed E-state index contributed by atoms with van der Waals surface area (Å²) < 4.78 is 47.5. The molecule has 0 fully saturated rings. The highest BCUT2D eigenvalue weighted by Gasteiger charge is 2.20. The van der Waals surface area contributed by atoms with Crippen LogP contribution in [0.4, 0.5) is 17.1 Å². The summed E-state index contributed by atoms with van der Waals surface area (Å²) in [6, 6.07) is 64.8. The Morgan fingerprint density at radius 2 is 1.00 bits per heavy atom. The fraction of sp³-hybridized carbons (Fsp3) is 0. The normalized spacial score (nSPS) is 12.7. The van der Waals surface area contributed by atoms with Crippen LogP contribution in [0.1, 0.15) is 5.48 Å². The lowest BCUT2D eigenvalue weighted by Crippen LogP contribution is -2.11. The molecule has 12 aromatic rings. The molecule has 2 heterocycles. The van der Waals surface area contributed by atoms with E-state index in [2.05, 4.69) is 84.9 Å². The van der Waals surface area contributed by atoms with Gasteiger partial charge in [-0.15, -0.1) is 0 Å². The molecule has 0 aliphatic rings. The second-order valence-electron chi connectivity index (χ2n) is 15.0. The molecule has 0 amide bonds. The second-order valence-corrected chi connectivity index (χ2v) is 15.0. The minimum absolute atomic E-state index is 0.133. The fourth-order valence-corrected chi connectivity index (χ4v) is 8.93. The number of hydrogen-bond acceptors (Lipinski definition) is 2. The minimum atomic E-state index is -0.149. The Bertz CT molecular complexity index is 3720. The van der Waals surface area contributed by atoms with E-state index in [0.717, 1.165) is 87.5 Å². The van der Waals surface area contributed by atoms with Crippen molar-refractivity contribution in [2.24, 2.45) is 0 Å². The second kappa shape index (κ2) is 13.4. The molecule has 3 heteroatoms. The van der Waals surface area contributed by atoms with Crippen LogP contribution >= 0.6 is 0 Å². The van der Waals surface area contributed by atoms with Gasteiger partial charge in [0.05, 0.1) is 22.2 Å². The number of hydrogen-bond donors (Lipinski definition) is 0. The van der Waals surface area contributed by atoms with Crippen molar-refractivity contribution < 1.29 is 9.90 Å². The lowest BCUT2D eigenvalue weighted by Gasteiger charge is -2.28. The summed E-state index contributed by atoms with van der Waals surface area (Å²) in [5, 5.41) is 8.41. The van der Waals surface area contributed by atoms with Gasteiger partial charge in [0, 0.05) is 49.6 Å². The zero-order valence-electron chi connectivity index (χ0n) is 35.8. The van der Waals surface area contributed by atoms with Gasteiger partial charge in [0.1, 0.15) is 11.2 Å². The first kappa shape index (κ1) is 29.4. The molecule has 0 aliphatic heterocycles. The molecule has 0 atom stereocenters. The van der Waals surface area contributed by atoms with Crippen molar-refractivity contribution >= 4 is 82.4 Å². The van der Waals surface area contributed by atoms with Gasteiger partial charge in [0.25, 0.3) is 0 Å². The molecule has 59 heavy (non-hydrogen) atoms. The first-order valence-electron chi connectivity index (χ1n) is 21.9. The third kappa shape index (κ3) is 5.36. The SMILES string of the molecule is [2H]c1c([2H])c(-n2c3ccccc3c3ccccc32)c([2H])c([2H])c1N(c1ccc(-c2cccc3ccccc23)cc1)c1ccccc1-c1ccc2oc3c4ccccc4ccc3c2c1. The number of para-hydroxylation sites is 3. The third-order valence-electron chi connectivity index (χ3n) is 11.7. The minimum Gasteiger partial charge on any atom is -0.455 e. The van der Waals surface area contributed by atoms with Crippen LogP contribution in [-0.4, -0.2) is 4.57 Å². The number of anilines is 3. The Labute approximate surface area is 346 Å². The highest BCUT2D eigenvalue weighted by molar-refractivity contribution is 6.16. The molecule has 0 N–H and O–H groups in total. The van der Waals surface area contributed by atoms with E-state index >= 15 is 0 Å². The van der Waals surface area contributed by atoms with Crippen LogP contribution in [0.3, 0.4) is 0 Å². The summed E-state index contributed by atoms with van der Waals surface area (Å²) in [4.78, 5) is 1.89. The van der Waals surface area contributed by atoms with Gasteiger partial charge in [0.15, 0.2) is 0 Å². The lowest BCUT2D eigenvalue weighted by atomic mass is 9.97. The molecular weight excluding hydrogens is 717 g/mol. The Morgan fingerprint density at radius 3 is 1.76 bits per heavy atom. The molecule has 0 aliphatic carbocycles. The average Bonchev–Trinajstić information content (AvgIpc) is 3.88. The quantitative estimate of drug-likeness (QED) is 0.168. The summed E-state index contributed by atoms with van der Waals surface area (Å²) in [5.74, 6) is 0. The number of aromatic nitrogens is 1. The van der Waals surface area contributed by atoms with Crippen LogP contribution in [0.25, 0.3) is 93.2 Å². The van der Waals surface area contributed by atoms with Crippen molar-refractivity contribution in [3.05, 3.63) is 218 Å². The third-order valence-corrected chi connectivity index (χ3v) is 11.7. The largest absolute Gasteiger partial charge is 0.455 e. The van der Waals surface area contributed by atoms with Gasteiger partial charge in [-0.25, -0.2) is 0 Å². The van der Waals surface area contributed by atoms with E-state index in [-0.39, 0.29) is 35.5 Å². The first-order valence-corrected chi connectivity index (χ1v) is 19.9. The van der Waals surface area contributed by atoms with Crippen LogP contribution in [0, 0.1) is 0 Å². The van der Waals surface area contributed by atoms with E-state index in [0.29, 0.717) is 11.4 Å². The Morgan fingerprint density at radius 1 is 0.407 bits per heavy atom. The van der Waals surface area contributed by atoms with E-state index in [1.54, 1.807) is 0 Å². The van der Waals surface area contributed by atoms with E-state index < -0.39 is 0 Å². The van der Waals surface area contributed by atoms with Crippen LogP contribution in [-0.2, 0) is 0 Å². The Balaban J connectivity index is 1.09. The molecule has 0 saturated heterocycles. The number of fused-ring (bicyclic) bond motifs is 9. The standard InChI is InChI=1S/C56H36N2O/c1-3-15-44-37(12-1)14-11-20-45(44)39-24-28-41(29-25-39)57(42-30-32-43(33-31-42)58-53-22-9-6-18-48(53)49-19-7-10-23-54(49)58)52-21-8-5-16-46(52)40-27-35-55-51(36-40)50-34-26-38-13-2-4-17-47(38)56(50)59-55/h1-36H/i30D,31D,32D,33D. The summed E-state index contributed by atoms with van der Waals surface area (Å²) in [6.45, 7) is 0. The van der Waals surface area contributed by atoms with Crippen molar-refractivity contribution in [1.82, 2.24) is 4.57 Å². The molecule has 0 spiro atoms. The van der Waals surface area contributed by atoms with E-state index in [4.69, 9.17) is 4.42 Å². The topological polar surface area (TPSA) is 21.3 Å². The molecule has 276 valence electrons. The lowest BCUT2D eigenvalue weighted by molar-refractivity contribution is 0.672. The van der Waals surface area contributed by atoms with Crippen molar-refractivity contribution in [2.75, 3.05) is 4.90 Å². The van der Waals surface area contributed by atoms with Crippen LogP contribution in [0.2, 0.25) is 0 Å². The monoisotopic (exact) mass is 756 g/mol. The maximum Gasteiger partial charge on any atom is 0.143 e.